The molecule has 0 amide bonds. The average Bonchev–Trinajstić information content (AvgIpc) is 3.47. The van der Waals surface area contributed by atoms with Crippen LogP contribution >= 0.6 is 12.4 Å². The van der Waals surface area contributed by atoms with E-state index in [1.165, 1.54) is 0 Å². The Morgan fingerprint density at radius 3 is 2.73 bits per heavy atom. The molecule has 0 aliphatic heterocycles. The van der Waals surface area contributed by atoms with E-state index in [1.54, 1.807) is 0 Å². The van der Waals surface area contributed by atoms with Crippen LogP contribution < -0.4 is 10.5 Å². The Kier molecular flexibility index (Phi) is 5.49. The van der Waals surface area contributed by atoms with Gasteiger partial charge in [0.1, 0.15) is 18.0 Å². The maximum absolute atomic E-state index is 6.47. The average molecular weight is 426 g/mol. The Hall–Kier alpha value is -2.90. The summed E-state index contributed by atoms with van der Waals surface area (Å²) < 4.78 is 13.6. The van der Waals surface area contributed by atoms with E-state index in [2.05, 4.69) is 15.1 Å². The van der Waals surface area contributed by atoms with E-state index < -0.39 is 5.54 Å². The quantitative estimate of drug-likeness (QED) is 0.508. The van der Waals surface area contributed by atoms with Gasteiger partial charge in [0.15, 0.2) is 5.82 Å². The number of aromatic nitrogens is 4. The van der Waals surface area contributed by atoms with Crippen molar-refractivity contribution in [3.8, 4) is 17.2 Å². The number of nitrogens with zero attached hydrogens (tertiary/aromatic N) is 4. The van der Waals surface area contributed by atoms with Crippen molar-refractivity contribution < 1.29 is 9.26 Å². The van der Waals surface area contributed by atoms with Gasteiger partial charge >= 0.3 is 0 Å². The second kappa shape index (κ2) is 8.08. The van der Waals surface area contributed by atoms with Crippen LogP contribution in [0.4, 0.5) is 0 Å². The number of benzene rings is 1. The lowest BCUT2D eigenvalue weighted by atomic mass is 9.99. The van der Waals surface area contributed by atoms with E-state index >= 15 is 0 Å². The van der Waals surface area contributed by atoms with E-state index in [9.17, 15) is 0 Å². The number of nitrogens with two attached hydrogens (primary N) is 1. The zero-order valence-corrected chi connectivity index (χ0v) is 17.6. The van der Waals surface area contributed by atoms with Crippen LogP contribution in [-0.2, 0) is 12.1 Å². The standard InChI is InChI=1S/C22H23N5O2.ClH/c1-15-7-6-12-27-13-16(24-19(15)27)14-28-18-9-3-2-8-17(18)20-25-21(26-29-20)22(23)10-4-5-11-22;/h2-3,6-9,12-13H,4-5,10-11,14,23H2,1H3;1H. The highest BCUT2D eigenvalue weighted by molar-refractivity contribution is 5.85. The first-order valence-corrected chi connectivity index (χ1v) is 9.91. The van der Waals surface area contributed by atoms with Crippen molar-refractivity contribution in [2.45, 2.75) is 44.8 Å². The Labute approximate surface area is 180 Å². The molecule has 0 radical (unpaired) electrons. The van der Waals surface area contributed by atoms with Crippen LogP contribution in [0.5, 0.6) is 5.75 Å². The third kappa shape index (κ3) is 3.66. The fourth-order valence-corrected chi connectivity index (χ4v) is 3.96. The zero-order valence-electron chi connectivity index (χ0n) is 16.7. The van der Waals surface area contributed by atoms with Crippen LogP contribution in [0.3, 0.4) is 0 Å². The maximum atomic E-state index is 6.47. The van der Waals surface area contributed by atoms with Gasteiger partial charge in [0.2, 0.25) is 0 Å². The number of rotatable bonds is 5. The number of fused-ring (bicyclic) bond motifs is 1. The van der Waals surface area contributed by atoms with Gasteiger partial charge in [-0.25, -0.2) is 4.98 Å². The van der Waals surface area contributed by atoms with Gasteiger partial charge in [-0.05, 0) is 43.5 Å². The molecule has 5 rings (SSSR count). The predicted molar refractivity (Wildman–Crippen MR) is 116 cm³/mol. The van der Waals surface area contributed by atoms with Crippen LogP contribution in [-0.4, -0.2) is 19.5 Å². The van der Waals surface area contributed by atoms with Crippen molar-refractivity contribution in [3.05, 3.63) is 65.9 Å². The number of ether oxygens (including phenoxy) is 1. The summed E-state index contributed by atoms with van der Waals surface area (Å²) in [4.78, 5) is 9.26. The van der Waals surface area contributed by atoms with Crippen molar-refractivity contribution in [2.75, 3.05) is 0 Å². The van der Waals surface area contributed by atoms with Gasteiger partial charge in [-0.15, -0.1) is 12.4 Å². The van der Waals surface area contributed by atoms with Gasteiger partial charge in [0, 0.05) is 12.4 Å². The van der Waals surface area contributed by atoms with Gasteiger partial charge in [-0.3, -0.25) is 0 Å². The van der Waals surface area contributed by atoms with Crippen LogP contribution in [0.1, 0.15) is 42.8 Å². The van der Waals surface area contributed by atoms with Gasteiger partial charge < -0.3 is 19.4 Å². The molecule has 4 aromatic rings. The molecular weight excluding hydrogens is 402 g/mol. The van der Waals surface area contributed by atoms with Gasteiger partial charge in [0.05, 0.1) is 16.8 Å². The van der Waals surface area contributed by atoms with E-state index in [0.717, 1.165) is 48.2 Å². The van der Waals surface area contributed by atoms with E-state index in [0.29, 0.717) is 24.1 Å². The highest BCUT2D eigenvalue weighted by Gasteiger charge is 2.36. The van der Waals surface area contributed by atoms with E-state index in [1.807, 2.05) is 60.1 Å². The fourth-order valence-electron chi connectivity index (χ4n) is 3.96. The first-order valence-electron chi connectivity index (χ1n) is 9.91. The molecule has 7 nitrogen and oxygen atoms in total. The predicted octanol–water partition coefficient (Wildman–Crippen LogP) is 4.42. The molecule has 0 atom stereocenters. The van der Waals surface area contributed by atoms with Crippen molar-refractivity contribution in [2.24, 2.45) is 5.73 Å². The zero-order chi connectivity index (χ0) is 19.8. The summed E-state index contributed by atoms with van der Waals surface area (Å²) in [6, 6.07) is 11.7. The molecule has 1 aliphatic carbocycles. The van der Waals surface area contributed by atoms with E-state index in [4.69, 9.17) is 15.0 Å². The lowest BCUT2D eigenvalue weighted by Gasteiger charge is -2.17. The SMILES string of the molecule is Cc1cccn2cc(COc3ccccc3-c3nc(C4(N)CCCC4)no3)nc12.Cl. The molecule has 0 bridgehead atoms. The molecule has 1 aliphatic rings. The largest absolute Gasteiger partial charge is 0.486 e. The van der Waals surface area contributed by atoms with Crippen molar-refractivity contribution in [1.82, 2.24) is 19.5 Å². The third-order valence-electron chi connectivity index (χ3n) is 5.59. The smallest absolute Gasteiger partial charge is 0.261 e. The molecule has 156 valence electrons. The lowest BCUT2D eigenvalue weighted by molar-refractivity contribution is 0.301. The summed E-state index contributed by atoms with van der Waals surface area (Å²) in [6.45, 7) is 2.39. The molecule has 2 N–H and O–H groups in total. The molecule has 1 saturated carbocycles. The Bertz CT molecular complexity index is 1160. The summed E-state index contributed by atoms with van der Waals surface area (Å²) in [5.74, 6) is 1.68. The number of aryl methyl sites for hydroxylation is 1. The van der Waals surface area contributed by atoms with Gasteiger partial charge in [-0.1, -0.05) is 36.2 Å². The summed E-state index contributed by atoms with van der Waals surface area (Å²) in [5.41, 5.74) is 9.66. The van der Waals surface area contributed by atoms with Crippen LogP contribution in [0.25, 0.3) is 17.1 Å². The first-order chi connectivity index (χ1) is 14.1. The number of hydrogen-bond acceptors (Lipinski definition) is 6. The number of imidazole rings is 1. The van der Waals surface area contributed by atoms with Gasteiger partial charge in [0.25, 0.3) is 5.89 Å². The molecule has 0 spiro atoms. The molecule has 3 heterocycles. The second-order valence-electron chi connectivity index (χ2n) is 7.73. The van der Waals surface area contributed by atoms with Crippen molar-refractivity contribution >= 4 is 18.1 Å². The first kappa shape index (κ1) is 20.4. The minimum atomic E-state index is -0.480. The van der Waals surface area contributed by atoms with Crippen molar-refractivity contribution in [1.29, 1.82) is 0 Å². The second-order valence-corrected chi connectivity index (χ2v) is 7.73. The van der Waals surface area contributed by atoms with E-state index in [-0.39, 0.29) is 12.4 Å². The van der Waals surface area contributed by atoms with Crippen LogP contribution in [0.15, 0.2) is 53.3 Å². The third-order valence-corrected chi connectivity index (χ3v) is 5.59. The number of halogens is 1. The van der Waals surface area contributed by atoms with Crippen LogP contribution in [0, 0.1) is 6.92 Å². The fraction of sp³-hybridized carbons (Fsp3) is 0.318. The van der Waals surface area contributed by atoms with Gasteiger partial charge in [-0.2, -0.15) is 4.98 Å². The molecule has 0 saturated heterocycles. The summed E-state index contributed by atoms with van der Waals surface area (Å²) >= 11 is 0. The molecule has 0 unspecified atom stereocenters. The normalized spacial score (nSPS) is 15.3. The lowest BCUT2D eigenvalue weighted by Crippen LogP contribution is -2.34. The summed E-state index contributed by atoms with van der Waals surface area (Å²) in [7, 11) is 0. The maximum Gasteiger partial charge on any atom is 0.261 e. The summed E-state index contributed by atoms with van der Waals surface area (Å²) in [5, 5.41) is 4.16. The number of pyridine rings is 1. The minimum Gasteiger partial charge on any atom is -0.486 e. The molecule has 30 heavy (non-hydrogen) atoms. The molecule has 8 heteroatoms. The Balaban J connectivity index is 0.00000218. The summed E-state index contributed by atoms with van der Waals surface area (Å²) in [6.07, 6.45) is 7.93. The Morgan fingerprint density at radius 2 is 1.93 bits per heavy atom. The van der Waals surface area contributed by atoms with Crippen LogP contribution in [0.2, 0.25) is 0 Å². The molecule has 3 aromatic heterocycles. The topological polar surface area (TPSA) is 91.5 Å². The van der Waals surface area contributed by atoms with Crippen molar-refractivity contribution in [3.63, 3.8) is 0 Å². The number of hydrogen-bond donors (Lipinski definition) is 1. The highest BCUT2D eigenvalue weighted by Crippen LogP contribution is 2.36. The minimum absolute atomic E-state index is 0. The Morgan fingerprint density at radius 1 is 1.13 bits per heavy atom. The monoisotopic (exact) mass is 425 g/mol. The number of para-hydroxylation sites is 1. The molecule has 1 fully saturated rings. The molecule has 1 aromatic carbocycles. The molecular formula is C22H24ClN5O2. The highest BCUT2D eigenvalue weighted by atomic mass is 35.5.